The van der Waals surface area contributed by atoms with E-state index in [1.54, 1.807) is 12.1 Å². The minimum Gasteiger partial charge on any atom is -0.467 e. The molecule has 0 fully saturated rings. The highest BCUT2D eigenvalue weighted by Crippen LogP contribution is 2.31. The third-order valence-corrected chi connectivity index (χ3v) is 2.59. The Balaban J connectivity index is 2.48. The van der Waals surface area contributed by atoms with Gasteiger partial charge in [0.05, 0.1) is 12.7 Å². The molecule has 0 aliphatic rings. The predicted octanol–water partition coefficient (Wildman–Crippen LogP) is 3.18. The molecule has 0 amide bonds. The second-order valence-electron chi connectivity index (χ2n) is 3.39. The normalized spacial score (nSPS) is 9.94. The number of aromatic nitrogens is 1. The highest BCUT2D eigenvalue weighted by atomic mass is 35.5. The van der Waals surface area contributed by atoms with Crippen LogP contribution in [0.5, 0.6) is 5.95 Å². The Kier molecular flexibility index (Phi) is 3.36. The average Bonchev–Trinajstić information content (AvgIpc) is 2.74. The van der Waals surface area contributed by atoms with E-state index in [0.29, 0.717) is 23.1 Å². The van der Waals surface area contributed by atoms with Crippen molar-refractivity contribution < 1.29 is 9.26 Å². The third kappa shape index (κ3) is 2.27. The summed E-state index contributed by atoms with van der Waals surface area (Å²) in [7, 11) is 1.52. The first-order valence-electron chi connectivity index (χ1n) is 4.98. The molecule has 0 radical (unpaired) electrons. The third-order valence-electron chi connectivity index (χ3n) is 2.33. The summed E-state index contributed by atoms with van der Waals surface area (Å²) in [5.74, 6) is 2.91. The number of halogens is 1. The van der Waals surface area contributed by atoms with Gasteiger partial charge in [-0.2, -0.15) is 0 Å². The quantitative estimate of drug-likeness (QED) is 0.782. The van der Waals surface area contributed by atoms with E-state index in [9.17, 15) is 0 Å². The van der Waals surface area contributed by atoms with Crippen LogP contribution in [0, 0.1) is 12.3 Å². The molecule has 86 valence electrons. The Hall–Kier alpha value is -1.92. The van der Waals surface area contributed by atoms with Crippen LogP contribution in [0.2, 0.25) is 5.02 Å². The molecule has 0 bridgehead atoms. The lowest BCUT2D eigenvalue weighted by molar-refractivity contribution is 0.259. The van der Waals surface area contributed by atoms with Gasteiger partial charge in [-0.25, -0.2) is 0 Å². The number of benzene rings is 1. The van der Waals surface area contributed by atoms with E-state index in [4.69, 9.17) is 27.3 Å². The van der Waals surface area contributed by atoms with Gasteiger partial charge < -0.3 is 9.26 Å². The second-order valence-corrected chi connectivity index (χ2v) is 3.83. The highest BCUT2D eigenvalue weighted by molar-refractivity contribution is 6.30. The Labute approximate surface area is 104 Å². The van der Waals surface area contributed by atoms with Gasteiger partial charge in [0, 0.05) is 17.0 Å². The maximum atomic E-state index is 5.83. The molecule has 1 aromatic carbocycles. The highest BCUT2D eigenvalue weighted by Gasteiger charge is 2.17. The fourth-order valence-corrected chi connectivity index (χ4v) is 1.67. The fraction of sp³-hybridized carbons (Fsp3) is 0.154. The molecule has 0 aliphatic carbocycles. The Morgan fingerprint density at radius 1 is 1.41 bits per heavy atom. The second kappa shape index (κ2) is 4.94. The average molecular weight is 248 g/mol. The SMILES string of the molecule is C#CCc1c(-c2ccc(Cl)cc2)noc1OC. The van der Waals surface area contributed by atoms with Crippen molar-refractivity contribution in [2.75, 3.05) is 7.11 Å². The van der Waals surface area contributed by atoms with E-state index >= 15 is 0 Å². The lowest BCUT2D eigenvalue weighted by atomic mass is 10.1. The van der Waals surface area contributed by atoms with E-state index in [2.05, 4.69) is 11.1 Å². The molecule has 2 aromatic rings. The van der Waals surface area contributed by atoms with Crippen LogP contribution < -0.4 is 4.74 Å². The van der Waals surface area contributed by atoms with Gasteiger partial charge in [0.15, 0.2) is 0 Å². The summed E-state index contributed by atoms with van der Waals surface area (Å²) in [4.78, 5) is 0. The number of nitrogens with zero attached hydrogens (tertiary/aromatic N) is 1. The molecule has 4 heteroatoms. The van der Waals surface area contributed by atoms with Crippen molar-refractivity contribution in [1.82, 2.24) is 5.16 Å². The van der Waals surface area contributed by atoms with Crippen molar-refractivity contribution in [3.05, 3.63) is 34.9 Å². The van der Waals surface area contributed by atoms with Crippen LogP contribution in [0.25, 0.3) is 11.3 Å². The number of terminal acetylenes is 1. The van der Waals surface area contributed by atoms with Crippen LogP contribution in [0.1, 0.15) is 5.56 Å². The van der Waals surface area contributed by atoms with Gasteiger partial charge in [-0.3, -0.25) is 0 Å². The van der Waals surface area contributed by atoms with Crippen LogP contribution in [0.15, 0.2) is 28.8 Å². The smallest absolute Gasteiger partial charge is 0.315 e. The zero-order valence-electron chi connectivity index (χ0n) is 9.24. The zero-order chi connectivity index (χ0) is 12.3. The first-order valence-corrected chi connectivity index (χ1v) is 5.36. The van der Waals surface area contributed by atoms with Crippen molar-refractivity contribution in [2.45, 2.75) is 6.42 Å². The van der Waals surface area contributed by atoms with Gasteiger partial charge in [-0.05, 0) is 12.1 Å². The molecule has 0 aliphatic heterocycles. The summed E-state index contributed by atoms with van der Waals surface area (Å²) in [5, 5.41) is 4.64. The lowest BCUT2D eigenvalue weighted by Crippen LogP contribution is -1.89. The summed E-state index contributed by atoms with van der Waals surface area (Å²) < 4.78 is 10.2. The summed E-state index contributed by atoms with van der Waals surface area (Å²) in [6, 6.07) is 7.30. The first kappa shape index (κ1) is 11.6. The van der Waals surface area contributed by atoms with Crippen LogP contribution >= 0.6 is 11.6 Å². The molecule has 0 saturated carbocycles. The van der Waals surface area contributed by atoms with Crippen LogP contribution in [0.4, 0.5) is 0 Å². The molecule has 1 aromatic heterocycles. The molecular weight excluding hydrogens is 238 g/mol. The van der Waals surface area contributed by atoms with Gasteiger partial charge >= 0.3 is 5.95 Å². The van der Waals surface area contributed by atoms with Crippen LogP contribution in [-0.2, 0) is 6.42 Å². The molecule has 2 rings (SSSR count). The zero-order valence-corrected chi connectivity index (χ0v) is 9.99. The Morgan fingerprint density at radius 3 is 2.71 bits per heavy atom. The van der Waals surface area contributed by atoms with Crippen molar-refractivity contribution >= 4 is 11.6 Å². The molecule has 0 atom stereocenters. The number of hydrogen-bond donors (Lipinski definition) is 0. The van der Waals surface area contributed by atoms with Crippen molar-refractivity contribution in [3.8, 4) is 29.5 Å². The topological polar surface area (TPSA) is 35.3 Å². The van der Waals surface area contributed by atoms with E-state index < -0.39 is 0 Å². The van der Waals surface area contributed by atoms with Gasteiger partial charge in [0.1, 0.15) is 5.69 Å². The van der Waals surface area contributed by atoms with Gasteiger partial charge in [0.25, 0.3) is 0 Å². The first-order chi connectivity index (χ1) is 8.26. The van der Waals surface area contributed by atoms with E-state index in [1.807, 2.05) is 12.1 Å². The minimum absolute atomic E-state index is 0.355. The summed E-state index contributed by atoms with van der Waals surface area (Å²) in [5.41, 5.74) is 2.36. The Morgan fingerprint density at radius 2 is 2.12 bits per heavy atom. The van der Waals surface area contributed by atoms with Gasteiger partial charge in [0.2, 0.25) is 0 Å². The lowest BCUT2D eigenvalue weighted by Gasteiger charge is -1.99. The maximum absolute atomic E-state index is 5.83. The summed E-state index contributed by atoms with van der Waals surface area (Å²) >= 11 is 5.83. The molecule has 0 spiro atoms. The Bertz CT molecular complexity index is 552. The molecular formula is C13H10ClNO2. The van der Waals surface area contributed by atoms with E-state index in [0.717, 1.165) is 11.1 Å². The van der Waals surface area contributed by atoms with Crippen LogP contribution in [-0.4, -0.2) is 12.3 Å². The fourth-order valence-electron chi connectivity index (χ4n) is 1.55. The summed E-state index contributed by atoms with van der Waals surface area (Å²) in [6.07, 6.45) is 5.73. The number of methoxy groups -OCH3 is 1. The van der Waals surface area contributed by atoms with E-state index in [-0.39, 0.29) is 0 Å². The molecule has 0 N–H and O–H groups in total. The number of hydrogen-bond acceptors (Lipinski definition) is 3. The number of rotatable bonds is 3. The summed E-state index contributed by atoms with van der Waals surface area (Å²) in [6.45, 7) is 0. The standard InChI is InChI=1S/C13H10ClNO2/c1-3-4-11-12(15-17-13(11)16-2)9-5-7-10(14)8-6-9/h1,5-8H,4H2,2H3. The molecule has 3 nitrogen and oxygen atoms in total. The maximum Gasteiger partial charge on any atom is 0.315 e. The van der Waals surface area contributed by atoms with Crippen molar-refractivity contribution in [3.63, 3.8) is 0 Å². The molecule has 17 heavy (non-hydrogen) atoms. The number of ether oxygens (including phenoxy) is 1. The van der Waals surface area contributed by atoms with E-state index in [1.165, 1.54) is 7.11 Å². The molecule has 0 saturated heterocycles. The predicted molar refractivity (Wildman–Crippen MR) is 66.0 cm³/mol. The molecule has 1 heterocycles. The molecule has 0 unspecified atom stereocenters. The largest absolute Gasteiger partial charge is 0.467 e. The van der Waals surface area contributed by atoms with Crippen LogP contribution in [0.3, 0.4) is 0 Å². The van der Waals surface area contributed by atoms with Crippen molar-refractivity contribution in [1.29, 1.82) is 0 Å². The van der Waals surface area contributed by atoms with Gasteiger partial charge in [-0.1, -0.05) is 28.9 Å². The minimum atomic E-state index is 0.355. The van der Waals surface area contributed by atoms with Crippen molar-refractivity contribution in [2.24, 2.45) is 0 Å². The van der Waals surface area contributed by atoms with Gasteiger partial charge in [-0.15, -0.1) is 12.3 Å². The monoisotopic (exact) mass is 247 g/mol.